The molecule has 17 heavy (non-hydrogen) atoms. The molecule has 90 valence electrons. The van der Waals surface area contributed by atoms with Crippen molar-refractivity contribution in [3.63, 3.8) is 0 Å². The Bertz CT molecular complexity index is 451. The van der Waals surface area contributed by atoms with E-state index in [2.05, 4.69) is 4.98 Å². The third-order valence-corrected chi connectivity index (χ3v) is 2.56. The number of hydrogen-bond acceptors (Lipinski definition) is 3. The first-order valence-corrected chi connectivity index (χ1v) is 5.70. The Morgan fingerprint density at radius 2 is 2.35 bits per heavy atom. The van der Waals surface area contributed by atoms with Gasteiger partial charge in [-0.25, -0.2) is 4.98 Å². The van der Waals surface area contributed by atoms with Crippen molar-refractivity contribution < 1.29 is 4.74 Å². The molecule has 0 saturated carbocycles. The third-order valence-electron chi connectivity index (χ3n) is 2.56. The molecule has 0 amide bonds. The van der Waals surface area contributed by atoms with Gasteiger partial charge in [-0.1, -0.05) is 12.1 Å². The molecule has 1 atom stereocenters. The molecule has 0 saturated heterocycles. The van der Waals surface area contributed by atoms with Crippen LogP contribution in [0.25, 0.3) is 0 Å². The monoisotopic (exact) mass is 231 g/mol. The average molecular weight is 231 g/mol. The fraction of sp³-hybridized carbons (Fsp3) is 0.308. The lowest BCUT2D eigenvalue weighted by Crippen LogP contribution is -2.08. The minimum Gasteiger partial charge on any atom is -0.492 e. The Hall–Kier alpha value is -1.81. The van der Waals surface area contributed by atoms with Crippen molar-refractivity contribution in [2.24, 2.45) is 5.73 Å². The van der Waals surface area contributed by atoms with Gasteiger partial charge in [-0.2, -0.15) is 0 Å². The van der Waals surface area contributed by atoms with Gasteiger partial charge in [0.25, 0.3) is 0 Å². The van der Waals surface area contributed by atoms with E-state index >= 15 is 0 Å². The van der Waals surface area contributed by atoms with E-state index in [4.69, 9.17) is 10.5 Å². The maximum absolute atomic E-state index is 5.82. The second kappa shape index (κ2) is 5.50. The van der Waals surface area contributed by atoms with Crippen molar-refractivity contribution in [3.8, 4) is 5.75 Å². The number of imidazole rings is 1. The predicted octanol–water partition coefficient (Wildman–Crippen LogP) is 1.98. The van der Waals surface area contributed by atoms with Gasteiger partial charge in [0.15, 0.2) is 0 Å². The SMILES string of the molecule is C[C@@H](N)c1cccc(OCCn2ccnc2)c1. The minimum atomic E-state index is 0.0344. The molecule has 2 N–H and O–H groups in total. The van der Waals surface area contributed by atoms with E-state index in [-0.39, 0.29) is 6.04 Å². The fourth-order valence-electron chi connectivity index (χ4n) is 1.58. The lowest BCUT2D eigenvalue weighted by molar-refractivity contribution is 0.298. The Labute approximate surface area is 101 Å². The Kier molecular flexibility index (Phi) is 3.77. The largest absolute Gasteiger partial charge is 0.492 e. The van der Waals surface area contributed by atoms with Crippen LogP contribution in [-0.4, -0.2) is 16.2 Å². The molecular formula is C13H17N3O. The second-order valence-electron chi connectivity index (χ2n) is 4.01. The predicted molar refractivity (Wildman–Crippen MR) is 66.8 cm³/mol. The van der Waals surface area contributed by atoms with Crippen molar-refractivity contribution >= 4 is 0 Å². The smallest absolute Gasteiger partial charge is 0.119 e. The van der Waals surface area contributed by atoms with Gasteiger partial charge < -0.3 is 15.0 Å². The zero-order chi connectivity index (χ0) is 12.1. The first-order valence-electron chi connectivity index (χ1n) is 5.70. The molecule has 2 aromatic rings. The van der Waals surface area contributed by atoms with E-state index in [1.807, 2.05) is 42.0 Å². The van der Waals surface area contributed by atoms with Gasteiger partial charge >= 0.3 is 0 Å². The average Bonchev–Trinajstić information content (AvgIpc) is 2.82. The maximum Gasteiger partial charge on any atom is 0.119 e. The number of nitrogens with zero attached hydrogens (tertiary/aromatic N) is 2. The molecule has 1 heterocycles. The summed E-state index contributed by atoms with van der Waals surface area (Å²) in [6.07, 6.45) is 5.46. The van der Waals surface area contributed by atoms with Crippen molar-refractivity contribution in [2.75, 3.05) is 6.61 Å². The van der Waals surface area contributed by atoms with Crippen LogP contribution in [0.2, 0.25) is 0 Å². The van der Waals surface area contributed by atoms with Crippen LogP contribution in [0.3, 0.4) is 0 Å². The number of aromatic nitrogens is 2. The molecule has 0 aliphatic rings. The highest BCUT2D eigenvalue weighted by Crippen LogP contribution is 2.17. The molecular weight excluding hydrogens is 214 g/mol. The van der Waals surface area contributed by atoms with Crippen LogP contribution in [0.4, 0.5) is 0 Å². The van der Waals surface area contributed by atoms with Crippen LogP contribution in [0.15, 0.2) is 43.0 Å². The summed E-state index contributed by atoms with van der Waals surface area (Å²) in [5.74, 6) is 0.861. The summed E-state index contributed by atoms with van der Waals surface area (Å²) < 4.78 is 7.65. The third kappa shape index (κ3) is 3.32. The highest BCUT2D eigenvalue weighted by Gasteiger charge is 2.01. The number of rotatable bonds is 5. The van der Waals surface area contributed by atoms with Gasteiger partial charge in [-0.15, -0.1) is 0 Å². The van der Waals surface area contributed by atoms with Gasteiger partial charge in [0.1, 0.15) is 12.4 Å². The minimum absolute atomic E-state index is 0.0344. The van der Waals surface area contributed by atoms with E-state index < -0.39 is 0 Å². The van der Waals surface area contributed by atoms with Crippen LogP contribution in [0.1, 0.15) is 18.5 Å². The standard InChI is InChI=1S/C13H17N3O/c1-11(14)12-3-2-4-13(9-12)17-8-7-16-6-5-15-10-16/h2-6,9-11H,7-8,14H2,1H3/t11-/m1/s1. The Balaban J connectivity index is 1.88. The van der Waals surface area contributed by atoms with Crippen molar-refractivity contribution in [3.05, 3.63) is 48.5 Å². The van der Waals surface area contributed by atoms with Gasteiger partial charge in [0.2, 0.25) is 0 Å². The molecule has 0 fully saturated rings. The molecule has 1 aromatic carbocycles. The molecule has 0 radical (unpaired) electrons. The van der Waals surface area contributed by atoms with Crippen molar-refractivity contribution in [1.82, 2.24) is 9.55 Å². The highest BCUT2D eigenvalue weighted by atomic mass is 16.5. The summed E-state index contributed by atoms with van der Waals surface area (Å²) in [5.41, 5.74) is 6.91. The summed E-state index contributed by atoms with van der Waals surface area (Å²) in [7, 11) is 0. The van der Waals surface area contributed by atoms with Gasteiger partial charge in [-0.05, 0) is 24.6 Å². The van der Waals surface area contributed by atoms with E-state index in [0.29, 0.717) is 6.61 Å². The number of nitrogens with two attached hydrogens (primary N) is 1. The molecule has 2 rings (SSSR count). The summed E-state index contributed by atoms with van der Waals surface area (Å²) >= 11 is 0. The van der Waals surface area contributed by atoms with Gasteiger partial charge in [0, 0.05) is 18.4 Å². The summed E-state index contributed by atoms with van der Waals surface area (Å²) in [5, 5.41) is 0. The molecule has 0 spiro atoms. The number of benzene rings is 1. The van der Waals surface area contributed by atoms with Crippen LogP contribution in [0.5, 0.6) is 5.75 Å². The maximum atomic E-state index is 5.82. The van der Waals surface area contributed by atoms with Crippen LogP contribution in [-0.2, 0) is 6.54 Å². The first kappa shape index (κ1) is 11.7. The van der Waals surface area contributed by atoms with Crippen molar-refractivity contribution in [2.45, 2.75) is 19.5 Å². The van der Waals surface area contributed by atoms with E-state index in [9.17, 15) is 0 Å². The summed E-state index contributed by atoms with van der Waals surface area (Å²) in [6, 6.07) is 7.93. The van der Waals surface area contributed by atoms with Crippen molar-refractivity contribution in [1.29, 1.82) is 0 Å². The van der Waals surface area contributed by atoms with Crippen LogP contribution in [0, 0.1) is 0 Å². The van der Waals surface area contributed by atoms with E-state index in [1.165, 1.54) is 0 Å². The van der Waals surface area contributed by atoms with Crippen LogP contribution < -0.4 is 10.5 Å². The normalized spacial score (nSPS) is 12.4. The van der Waals surface area contributed by atoms with Crippen LogP contribution >= 0.6 is 0 Å². The first-order chi connectivity index (χ1) is 8.25. The molecule has 0 unspecified atom stereocenters. The molecule has 0 aliphatic carbocycles. The lowest BCUT2D eigenvalue weighted by Gasteiger charge is -2.10. The summed E-state index contributed by atoms with van der Waals surface area (Å²) in [4.78, 5) is 3.98. The summed E-state index contributed by atoms with van der Waals surface area (Å²) in [6.45, 7) is 3.38. The molecule has 4 heteroatoms. The Morgan fingerprint density at radius 1 is 1.47 bits per heavy atom. The quantitative estimate of drug-likeness (QED) is 0.856. The topological polar surface area (TPSA) is 53.1 Å². The fourth-order valence-corrected chi connectivity index (χ4v) is 1.58. The van der Waals surface area contributed by atoms with E-state index in [0.717, 1.165) is 17.9 Å². The molecule has 0 aliphatic heterocycles. The zero-order valence-corrected chi connectivity index (χ0v) is 9.91. The van der Waals surface area contributed by atoms with Gasteiger partial charge in [-0.3, -0.25) is 0 Å². The zero-order valence-electron chi connectivity index (χ0n) is 9.91. The van der Waals surface area contributed by atoms with Gasteiger partial charge in [0.05, 0.1) is 12.9 Å². The number of hydrogen-bond donors (Lipinski definition) is 1. The second-order valence-corrected chi connectivity index (χ2v) is 4.01. The molecule has 4 nitrogen and oxygen atoms in total. The number of ether oxygens (including phenoxy) is 1. The highest BCUT2D eigenvalue weighted by molar-refractivity contribution is 5.30. The lowest BCUT2D eigenvalue weighted by atomic mass is 10.1. The van der Waals surface area contributed by atoms with E-state index in [1.54, 1.807) is 12.5 Å². The Morgan fingerprint density at radius 3 is 3.06 bits per heavy atom. The molecule has 0 bridgehead atoms. The molecule has 1 aromatic heterocycles.